The van der Waals surface area contributed by atoms with E-state index in [0.29, 0.717) is 13.1 Å². The molecule has 0 radical (unpaired) electrons. The maximum Gasteiger partial charge on any atom is 0.327 e. The zero-order valence-electron chi connectivity index (χ0n) is 8.38. The number of aliphatic carboxylic acids is 1. The molecule has 1 unspecified atom stereocenters. The van der Waals surface area contributed by atoms with Gasteiger partial charge in [-0.25, -0.2) is 9.78 Å². The highest BCUT2D eigenvalue weighted by molar-refractivity contribution is 5.93. The van der Waals surface area contributed by atoms with Gasteiger partial charge >= 0.3 is 5.97 Å². The molecule has 2 rings (SSSR count). The fraction of sp³-hybridized carbons (Fsp3) is 0.500. The van der Waals surface area contributed by atoms with E-state index >= 15 is 0 Å². The Labute approximate surface area is 90.7 Å². The number of hydrogen-bond acceptors (Lipinski definition) is 5. The van der Waals surface area contributed by atoms with Crippen LogP contribution in [0.25, 0.3) is 0 Å². The van der Waals surface area contributed by atoms with Crippen molar-refractivity contribution in [1.29, 1.82) is 0 Å². The minimum absolute atomic E-state index is 0.0631. The van der Waals surface area contributed by atoms with E-state index in [1.807, 2.05) is 0 Å². The number of piperazine rings is 1. The van der Waals surface area contributed by atoms with Crippen LogP contribution in [0.3, 0.4) is 0 Å². The predicted molar refractivity (Wildman–Crippen MR) is 51.7 cm³/mol. The minimum Gasteiger partial charge on any atom is -0.480 e. The van der Waals surface area contributed by atoms with Crippen LogP contribution in [-0.2, 0) is 4.79 Å². The van der Waals surface area contributed by atoms with Gasteiger partial charge in [0.05, 0.1) is 0 Å². The van der Waals surface area contributed by atoms with Crippen molar-refractivity contribution in [3.05, 3.63) is 12.2 Å². The SMILES string of the molecule is O=C(O)C1CNCCN1C(=O)c1ncn[nH]1. The molecule has 0 spiro atoms. The zero-order valence-corrected chi connectivity index (χ0v) is 8.38. The van der Waals surface area contributed by atoms with Gasteiger partial charge in [-0.05, 0) is 0 Å². The second-order valence-electron chi connectivity index (χ2n) is 3.39. The fourth-order valence-corrected chi connectivity index (χ4v) is 1.61. The molecule has 1 fully saturated rings. The molecule has 1 aromatic heterocycles. The molecule has 1 saturated heterocycles. The Bertz CT molecular complexity index is 390. The van der Waals surface area contributed by atoms with Crippen molar-refractivity contribution in [3.63, 3.8) is 0 Å². The van der Waals surface area contributed by atoms with Crippen LogP contribution in [0.5, 0.6) is 0 Å². The molecule has 1 amide bonds. The van der Waals surface area contributed by atoms with Gasteiger partial charge in [0, 0.05) is 19.6 Å². The van der Waals surface area contributed by atoms with Crippen molar-refractivity contribution in [1.82, 2.24) is 25.4 Å². The molecule has 1 aromatic rings. The molecule has 16 heavy (non-hydrogen) atoms. The van der Waals surface area contributed by atoms with Gasteiger partial charge in [-0.1, -0.05) is 0 Å². The third-order valence-electron chi connectivity index (χ3n) is 2.41. The second kappa shape index (κ2) is 4.27. The van der Waals surface area contributed by atoms with Crippen molar-refractivity contribution >= 4 is 11.9 Å². The summed E-state index contributed by atoms with van der Waals surface area (Å²) in [5.41, 5.74) is 0. The third-order valence-corrected chi connectivity index (χ3v) is 2.41. The topological polar surface area (TPSA) is 111 Å². The van der Waals surface area contributed by atoms with Crippen molar-refractivity contribution in [2.24, 2.45) is 0 Å². The van der Waals surface area contributed by atoms with Crippen LogP contribution in [0.1, 0.15) is 10.6 Å². The summed E-state index contributed by atoms with van der Waals surface area (Å²) in [5.74, 6) is -1.40. The number of carboxylic acid groups (broad SMARTS) is 1. The monoisotopic (exact) mass is 225 g/mol. The molecule has 0 aliphatic carbocycles. The molecule has 2 heterocycles. The fourth-order valence-electron chi connectivity index (χ4n) is 1.61. The predicted octanol–water partition coefficient (Wildman–Crippen LogP) is -1.70. The Morgan fingerprint density at radius 3 is 3.00 bits per heavy atom. The lowest BCUT2D eigenvalue weighted by molar-refractivity contribution is -0.142. The summed E-state index contributed by atoms with van der Waals surface area (Å²) in [6.07, 6.45) is 1.21. The van der Waals surface area contributed by atoms with E-state index < -0.39 is 17.9 Å². The summed E-state index contributed by atoms with van der Waals surface area (Å²) < 4.78 is 0. The van der Waals surface area contributed by atoms with Gasteiger partial charge in [-0.2, -0.15) is 5.10 Å². The molecule has 86 valence electrons. The average Bonchev–Trinajstić information content (AvgIpc) is 2.81. The van der Waals surface area contributed by atoms with Crippen LogP contribution in [-0.4, -0.2) is 62.7 Å². The molecule has 1 aliphatic heterocycles. The van der Waals surface area contributed by atoms with E-state index in [4.69, 9.17) is 5.11 Å². The highest BCUT2D eigenvalue weighted by Crippen LogP contribution is 2.07. The average molecular weight is 225 g/mol. The van der Waals surface area contributed by atoms with Gasteiger partial charge in [-0.15, -0.1) is 0 Å². The summed E-state index contributed by atoms with van der Waals surface area (Å²) in [4.78, 5) is 27.8. The Kier molecular flexibility index (Phi) is 2.82. The van der Waals surface area contributed by atoms with Gasteiger partial charge in [0.25, 0.3) is 5.91 Å². The quantitative estimate of drug-likeness (QED) is 0.553. The van der Waals surface area contributed by atoms with Crippen LogP contribution in [0.15, 0.2) is 6.33 Å². The molecule has 8 heteroatoms. The highest BCUT2D eigenvalue weighted by atomic mass is 16.4. The van der Waals surface area contributed by atoms with Crippen LogP contribution >= 0.6 is 0 Å². The lowest BCUT2D eigenvalue weighted by atomic mass is 10.2. The molecule has 0 saturated carbocycles. The number of carboxylic acids is 1. The van der Waals surface area contributed by atoms with Crippen LogP contribution < -0.4 is 5.32 Å². The van der Waals surface area contributed by atoms with Crippen molar-refractivity contribution in [2.45, 2.75) is 6.04 Å². The summed E-state index contributed by atoms with van der Waals surface area (Å²) in [6, 6.07) is -0.855. The Hall–Kier alpha value is -1.96. The molecule has 8 nitrogen and oxygen atoms in total. The largest absolute Gasteiger partial charge is 0.480 e. The van der Waals surface area contributed by atoms with Crippen LogP contribution in [0.2, 0.25) is 0 Å². The third kappa shape index (κ3) is 1.87. The van der Waals surface area contributed by atoms with E-state index in [0.717, 1.165) is 0 Å². The smallest absolute Gasteiger partial charge is 0.327 e. The summed E-state index contributed by atoms with van der Waals surface area (Å²) in [5, 5.41) is 17.9. The number of rotatable bonds is 2. The minimum atomic E-state index is -1.03. The summed E-state index contributed by atoms with van der Waals surface area (Å²) >= 11 is 0. The second-order valence-corrected chi connectivity index (χ2v) is 3.39. The van der Waals surface area contributed by atoms with Crippen molar-refractivity contribution < 1.29 is 14.7 Å². The van der Waals surface area contributed by atoms with Crippen molar-refractivity contribution in [3.8, 4) is 0 Å². The van der Waals surface area contributed by atoms with Gasteiger partial charge in [0.1, 0.15) is 12.4 Å². The van der Waals surface area contributed by atoms with E-state index in [-0.39, 0.29) is 12.4 Å². The standard InChI is InChI=1S/C8H11N5O3/c14-7(6-10-4-11-12-6)13-2-1-9-3-5(13)8(15)16/h4-5,9H,1-3H2,(H,15,16)(H,10,11,12). The van der Waals surface area contributed by atoms with Gasteiger partial charge in [-0.3, -0.25) is 9.89 Å². The number of hydrogen-bond donors (Lipinski definition) is 3. The summed E-state index contributed by atoms with van der Waals surface area (Å²) in [7, 11) is 0. The lowest BCUT2D eigenvalue weighted by Gasteiger charge is -2.32. The normalized spacial score (nSPS) is 20.8. The number of carbonyl (C=O) groups is 2. The number of nitrogens with zero attached hydrogens (tertiary/aromatic N) is 3. The Morgan fingerprint density at radius 2 is 2.38 bits per heavy atom. The van der Waals surface area contributed by atoms with Gasteiger partial charge in [0.2, 0.25) is 5.82 Å². The van der Waals surface area contributed by atoms with E-state index in [9.17, 15) is 9.59 Å². The number of aromatic amines is 1. The molecule has 1 aliphatic rings. The zero-order chi connectivity index (χ0) is 11.5. The Balaban J connectivity index is 2.17. The lowest BCUT2D eigenvalue weighted by Crippen LogP contribution is -2.57. The molecule has 0 aromatic carbocycles. The first-order valence-electron chi connectivity index (χ1n) is 4.80. The van der Waals surface area contributed by atoms with Crippen molar-refractivity contribution in [2.75, 3.05) is 19.6 Å². The number of carbonyl (C=O) groups excluding carboxylic acids is 1. The van der Waals surface area contributed by atoms with Gasteiger partial charge < -0.3 is 15.3 Å². The number of amides is 1. The van der Waals surface area contributed by atoms with Crippen LogP contribution in [0, 0.1) is 0 Å². The van der Waals surface area contributed by atoms with Gasteiger partial charge in [0.15, 0.2) is 0 Å². The van der Waals surface area contributed by atoms with E-state index in [2.05, 4.69) is 20.5 Å². The number of aromatic nitrogens is 3. The first-order chi connectivity index (χ1) is 7.70. The first kappa shape index (κ1) is 10.6. The number of H-pyrrole nitrogens is 1. The molecule has 0 bridgehead atoms. The molecular weight excluding hydrogens is 214 g/mol. The van der Waals surface area contributed by atoms with E-state index in [1.54, 1.807) is 0 Å². The summed E-state index contributed by atoms with van der Waals surface area (Å²) in [6.45, 7) is 1.16. The molecule has 3 N–H and O–H groups in total. The molecular formula is C8H11N5O3. The van der Waals surface area contributed by atoms with Crippen LogP contribution in [0.4, 0.5) is 0 Å². The Morgan fingerprint density at radius 1 is 1.56 bits per heavy atom. The maximum atomic E-state index is 11.9. The first-order valence-corrected chi connectivity index (χ1v) is 4.80. The molecule has 1 atom stereocenters. The van der Waals surface area contributed by atoms with E-state index in [1.165, 1.54) is 11.2 Å². The number of nitrogens with one attached hydrogen (secondary N) is 2. The highest BCUT2D eigenvalue weighted by Gasteiger charge is 2.33. The maximum absolute atomic E-state index is 11.9.